The number of rotatable bonds is 3. The Morgan fingerprint density at radius 1 is 1.25 bits per heavy atom. The van der Waals surface area contributed by atoms with E-state index in [9.17, 15) is 13.2 Å². The molecule has 0 saturated carbocycles. The molecule has 0 aliphatic carbocycles. The largest absolute Gasteiger partial charge is 0.271 e. The van der Waals surface area contributed by atoms with Crippen molar-refractivity contribution in [1.82, 2.24) is 14.1 Å². The molecule has 1 aliphatic heterocycles. The van der Waals surface area contributed by atoms with Crippen LogP contribution in [0.3, 0.4) is 0 Å². The average Bonchev–Trinajstić information content (AvgIpc) is 3.14. The molecule has 3 rings (SSSR count). The zero-order valence-corrected chi connectivity index (χ0v) is 15.8. The van der Waals surface area contributed by atoms with Gasteiger partial charge in [0.2, 0.25) is 10.0 Å². The van der Waals surface area contributed by atoms with Crippen molar-refractivity contribution in [3.63, 3.8) is 0 Å². The predicted molar refractivity (Wildman–Crippen MR) is 93.4 cm³/mol. The molecule has 1 unspecified atom stereocenters. The van der Waals surface area contributed by atoms with Crippen molar-refractivity contribution >= 4 is 31.9 Å². The summed E-state index contributed by atoms with van der Waals surface area (Å²) < 4.78 is 29.2. The third-order valence-corrected chi connectivity index (χ3v) is 6.58. The van der Waals surface area contributed by atoms with Gasteiger partial charge in [0.05, 0.1) is 10.6 Å². The summed E-state index contributed by atoms with van der Waals surface area (Å²) in [5.74, 6) is -0.293. The van der Waals surface area contributed by atoms with Crippen LogP contribution in [0.2, 0.25) is 0 Å². The lowest BCUT2D eigenvalue weighted by molar-refractivity contribution is 0.0813. The number of hydrogen-bond acceptors (Lipinski definition) is 4. The maximum absolute atomic E-state index is 12.9. The van der Waals surface area contributed by atoms with E-state index in [1.807, 2.05) is 6.92 Å². The molecule has 128 valence electrons. The summed E-state index contributed by atoms with van der Waals surface area (Å²) in [4.78, 5) is 13.0. The van der Waals surface area contributed by atoms with Crippen LogP contribution in [-0.2, 0) is 10.0 Å². The Balaban J connectivity index is 1.94. The topological polar surface area (TPSA) is 72.3 Å². The molecule has 24 heavy (non-hydrogen) atoms. The number of hydrogen-bond donors (Lipinski definition) is 0. The fraction of sp³-hybridized carbons (Fsp3) is 0.375. The third-order valence-electron chi connectivity index (χ3n) is 4.13. The van der Waals surface area contributed by atoms with Crippen LogP contribution in [0.4, 0.5) is 0 Å². The van der Waals surface area contributed by atoms with Gasteiger partial charge in [0, 0.05) is 16.7 Å². The summed E-state index contributed by atoms with van der Waals surface area (Å²) in [6.07, 6.45) is 1.17. The smallest absolute Gasteiger partial charge is 0.265 e. The molecule has 0 spiro atoms. The molecule has 1 fully saturated rings. The van der Waals surface area contributed by atoms with Crippen molar-refractivity contribution in [3.05, 3.63) is 46.2 Å². The highest BCUT2D eigenvalue weighted by Gasteiger charge is 2.40. The van der Waals surface area contributed by atoms with Gasteiger partial charge in [-0.25, -0.2) is 13.1 Å². The number of benzene rings is 1. The highest BCUT2D eigenvalue weighted by Crippen LogP contribution is 2.28. The van der Waals surface area contributed by atoms with Crippen LogP contribution in [0.25, 0.3) is 0 Å². The molecule has 0 bridgehead atoms. The molecule has 2 aromatic rings. The van der Waals surface area contributed by atoms with E-state index in [0.29, 0.717) is 25.1 Å². The predicted octanol–water partition coefficient (Wildman–Crippen LogP) is 2.76. The Hall–Kier alpha value is -1.51. The normalized spacial score (nSPS) is 18.9. The average molecular weight is 412 g/mol. The van der Waals surface area contributed by atoms with Gasteiger partial charge in [-0.15, -0.1) is 0 Å². The number of carbonyl (C=O) groups excluding carboxylic acids is 1. The monoisotopic (exact) mass is 411 g/mol. The number of carbonyl (C=O) groups is 1. The van der Waals surface area contributed by atoms with E-state index >= 15 is 0 Å². The van der Waals surface area contributed by atoms with Gasteiger partial charge in [0.1, 0.15) is 6.04 Å². The second-order valence-corrected chi connectivity index (χ2v) is 8.71. The van der Waals surface area contributed by atoms with Crippen molar-refractivity contribution < 1.29 is 13.2 Å². The summed E-state index contributed by atoms with van der Waals surface area (Å²) in [5.41, 5.74) is 1.45. The van der Waals surface area contributed by atoms with Crippen LogP contribution in [0, 0.1) is 13.8 Å². The Labute approximate surface area is 149 Å². The summed E-state index contributed by atoms with van der Waals surface area (Å²) >= 11 is 3.30. The van der Waals surface area contributed by atoms with E-state index in [2.05, 4.69) is 21.0 Å². The zero-order valence-electron chi connectivity index (χ0n) is 13.4. The van der Waals surface area contributed by atoms with Crippen molar-refractivity contribution in [3.8, 4) is 0 Å². The van der Waals surface area contributed by atoms with Crippen LogP contribution in [-0.4, -0.2) is 41.0 Å². The van der Waals surface area contributed by atoms with Gasteiger partial charge in [-0.2, -0.15) is 9.40 Å². The van der Waals surface area contributed by atoms with Crippen molar-refractivity contribution in [2.24, 2.45) is 0 Å². The van der Waals surface area contributed by atoms with E-state index in [1.54, 1.807) is 37.3 Å². The fourth-order valence-corrected chi connectivity index (χ4v) is 4.92. The maximum atomic E-state index is 12.9. The van der Waals surface area contributed by atoms with Gasteiger partial charge in [-0.1, -0.05) is 15.9 Å². The Kier molecular flexibility index (Phi) is 4.63. The molecule has 1 aliphatic rings. The van der Waals surface area contributed by atoms with Crippen LogP contribution < -0.4 is 0 Å². The van der Waals surface area contributed by atoms with Crippen molar-refractivity contribution in [2.45, 2.75) is 37.6 Å². The number of nitrogens with zero attached hydrogens (tertiary/aromatic N) is 3. The van der Waals surface area contributed by atoms with Gasteiger partial charge >= 0.3 is 0 Å². The first-order chi connectivity index (χ1) is 11.3. The Morgan fingerprint density at radius 3 is 2.50 bits per heavy atom. The van der Waals surface area contributed by atoms with E-state index in [-0.39, 0.29) is 10.8 Å². The highest BCUT2D eigenvalue weighted by molar-refractivity contribution is 9.10. The van der Waals surface area contributed by atoms with Crippen LogP contribution in [0.5, 0.6) is 0 Å². The minimum Gasteiger partial charge on any atom is -0.271 e. The van der Waals surface area contributed by atoms with E-state index in [1.165, 1.54) is 8.99 Å². The first-order valence-electron chi connectivity index (χ1n) is 7.65. The number of aryl methyl sites for hydroxylation is 2. The Morgan fingerprint density at radius 2 is 1.92 bits per heavy atom. The molecule has 1 aromatic carbocycles. The molecule has 1 atom stereocenters. The summed E-state index contributed by atoms with van der Waals surface area (Å²) in [6.45, 7) is 3.94. The van der Waals surface area contributed by atoms with Crippen LogP contribution in [0.15, 0.2) is 39.7 Å². The molecule has 2 heterocycles. The Bertz CT molecular complexity index is 874. The van der Waals surface area contributed by atoms with Crippen molar-refractivity contribution in [1.29, 1.82) is 0 Å². The van der Waals surface area contributed by atoms with Crippen LogP contribution >= 0.6 is 15.9 Å². The standard InChI is InChI=1S/C16H18BrN3O3S/c1-11-10-12(2)20(18-11)16(21)15-4-3-9-19(15)24(22,23)14-7-5-13(17)6-8-14/h5-8,10,15H,3-4,9H2,1-2H3. The van der Waals surface area contributed by atoms with Crippen molar-refractivity contribution in [2.75, 3.05) is 6.54 Å². The molecule has 6 nitrogen and oxygen atoms in total. The first kappa shape index (κ1) is 17.3. The molecular weight excluding hydrogens is 394 g/mol. The second-order valence-electron chi connectivity index (χ2n) is 5.90. The molecule has 1 aromatic heterocycles. The molecule has 8 heteroatoms. The number of sulfonamides is 1. The van der Waals surface area contributed by atoms with Gasteiger partial charge in [0.25, 0.3) is 5.91 Å². The van der Waals surface area contributed by atoms with Crippen LogP contribution in [0.1, 0.15) is 29.0 Å². The lowest BCUT2D eigenvalue weighted by Crippen LogP contribution is -2.43. The first-order valence-corrected chi connectivity index (χ1v) is 9.89. The molecular formula is C16H18BrN3O3S. The zero-order chi connectivity index (χ0) is 17.5. The van der Waals surface area contributed by atoms with Gasteiger partial charge in [-0.3, -0.25) is 4.79 Å². The molecule has 1 saturated heterocycles. The second kappa shape index (κ2) is 6.42. The quantitative estimate of drug-likeness (QED) is 0.777. The fourth-order valence-electron chi connectivity index (χ4n) is 3.01. The molecule has 0 N–H and O–H groups in total. The number of aromatic nitrogens is 2. The lowest BCUT2D eigenvalue weighted by Gasteiger charge is -2.23. The van der Waals surface area contributed by atoms with E-state index in [4.69, 9.17) is 0 Å². The highest BCUT2D eigenvalue weighted by atomic mass is 79.9. The summed E-state index contributed by atoms with van der Waals surface area (Å²) in [6, 6.07) is 7.55. The molecule has 0 radical (unpaired) electrons. The summed E-state index contributed by atoms with van der Waals surface area (Å²) in [7, 11) is -3.71. The molecule has 0 amide bonds. The van der Waals surface area contributed by atoms with Gasteiger partial charge < -0.3 is 0 Å². The number of halogens is 1. The minimum atomic E-state index is -3.71. The minimum absolute atomic E-state index is 0.193. The lowest BCUT2D eigenvalue weighted by atomic mass is 10.2. The van der Waals surface area contributed by atoms with E-state index < -0.39 is 16.1 Å². The van der Waals surface area contributed by atoms with Gasteiger partial charge in [0.15, 0.2) is 0 Å². The SMILES string of the molecule is Cc1cc(C)n(C(=O)C2CCCN2S(=O)(=O)c2ccc(Br)cc2)n1. The van der Waals surface area contributed by atoms with E-state index in [0.717, 1.165) is 10.2 Å². The third kappa shape index (κ3) is 3.05. The van der Waals surface area contributed by atoms with Gasteiger partial charge in [-0.05, 0) is 57.0 Å². The maximum Gasteiger partial charge on any atom is 0.265 e. The summed E-state index contributed by atoms with van der Waals surface area (Å²) in [5, 5.41) is 4.20.